The Morgan fingerprint density at radius 2 is 1.72 bits per heavy atom. The molecule has 2 nitrogen and oxygen atoms in total. The van der Waals surface area contributed by atoms with Crippen molar-refractivity contribution in [3.63, 3.8) is 0 Å². The summed E-state index contributed by atoms with van der Waals surface area (Å²) in [4.78, 5) is 12.2. The SMILES string of the molecule is COc1ccc(-c2ccc(SC)cc2)cc1C=O. The number of hydrogen-bond donors (Lipinski definition) is 0. The Labute approximate surface area is 111 Å². The number of carbonyl (C=O) groups is 1. The van der Waals surface area contributed by atoms with Crippen LogP contribution in [0.2, 0.25) is 0 Å². The van der Waals surface area contributed by atoms with E-state index in [0.717, 1.165) is 17.4 Å². The zero-order chi connectivity index (χ0) is 13.0. The van der Waals surface area contributed by atoms with E-state index >= 15 is 0 Å². The molecule has 0 saturated carbocycles. The molecule has 0 spiro atoms. The van der Waals surface area contributed by atoms with E-state index in [0.29, 0.717) is 11.3 Å². The molecule has 0 atom stereocenters. The molecule has 0 aromatic heterocycles. The van der Waals surface area contributed by atoms with Gasteiger partial charge < -0.3 is 4.74 Å². The van der Waals surface area contributed by atoms with Crippen LogP contribution in [-0.2, 0) is 0 Å². The summed E-state index contributed by atoms with van der Waals surface area (Å²) < 4.78 is 5.13. The first kappa shape index (κ1) is 12.7. The van der Waals surface area contributed by atoms with Crippen LogP contribution in [0.3, 0.4) is 0 Å². The maximum atomic E-state index is 11.0. The standard InChI is InChI=1S/C15H14O2S/c1-17-15-8-5-12(9-13(15)10-16)11-3-6-14(18-2)7-4-11/h3-10H,1-2H3. The molecular formula is C15H14O2S. The van der Waals surface area contributed by atoms with Gasteiger partial charge in [0, 0.05) is 4.90 Å². The predicted molar refractivity (Wildman–Crippen MR) is 75.6 cm³/mol. The van der Waals surface area contributed by atoms with E-state index in [4.69, 9.17) is 4.74 Å². The average Bonchev–Trinajstić information content (AvgIpc) is 2.46. The third-order valence-corrected chi connectivity index (χ3v) is 3.52. The van der Waals surface area contributed by atoms with E-state index < -0.39 is 0 Å². The van der Waals surface area contributed by atoms with Crippen LogP contribution in [0.1, 0.15) is 10.4 Å². The number of carbonyl (C=O) groups excluding carboxylic acids is 1. The number of hydrogen-bond acceptors (Lipinski definition) is 3. The van der Waals surface area contributed by atoms with Gasteiger partial charge in [0.05, 0.1) is 12.7 Å². The predicted octanol–water partition coefficient (Wildman–Crippen LogP) is 3.90. The third kappa shape index (κ3) is 2.57. The molecule has 0 amide bonds. The maximum absolute atomic E-state index is 11.0. The highest BCUT2D eigenvalue weighted by molar-refractivity contribution is 7.98. The molecule has 0 radical (unpaired) electrons. The molecule has 0 aliphatic carbocycles. The van der Waals surface area contributed by atoms with Crippen molar-refractivity contribution in [1.29, 1.82) is 0 Å². The molecule has 0 bridgehead atoms. The first-order chi connectivity index (χ1) is 8.78. The average molecular weight is 258 g/mol. The van der Waals surface area contributed by atoms with E-state index in [2.05, 4.69) is 24.3 Å². The summed E-state index contributed by atoms with van der Waals surface area (Å²) in [6.45, 7) is 0. The minimum atomic E-state index is 0.573. The van der Waals surface area contributed by atoms with Crippen molar-refractivity contribution in [1.82, 2.24) is 0 Å². The number of methoxy groups -OCH3 is 1. The van der Waals surface area contributed by atoms with Crippen molar-refractivity contribution in [2.45, 2.75) is 4.90 Å². The first-order valence-electron chi connectivity index (χ1n) is 5.56. The Morgan fingerprint density at radius 1 is 1.06 bits per heavy atom. The molecule has 2 aromatic carbocycles. The van der Waals surface area contributed by atoms with E-state index in [1.54, 1.807) is 18.9 Å². The second-order valence-electron chi connectivity index (χ2n) is 3.80. The van der Waals surface area contributed by atoms with Crippen LogP contribution in [0.4, 0.5) is 0 Å². The fourth-order valence-electron chi connectivity index (χ4n) is 1.79. The van der Waals surface area contributed by atoms with Gasteiger partial charge in [0.2, 0.25) is 0 Å². The van der Waals surface area contributed by atoms with Crippen molar-refractivity contribution in [3.05, 3.63) is 48.0 Å². The number of aldehydes is 1. The Morgan fingerprint density at radius 3 is 2.28 bits per heavy atom. The van der Waals surface area contributed by atoms with Crippen LogP contribution < -0.4 is 4.74 Å². The first-order valence-corrected chi connectivity index (χ1v) is 6.78. The summed E-state index contributed by atoms with van der Waals surface area (Å²) in [5, 5.41) is 0. The van der Waals surface area contributed by atoms with Gasteiger partial charge in [-0.3, -0.25) is 4.79 Å². The number of ether oxygens (including phenoxy) is 1. The number of rotatable bonds is 4. The molecule has 0 heterocycles. The van der Waals surface area contributed by atoms with Gasteiger partial charge in [0.25, 0.3) is 0 Å². The van der Waals surface area contributed by atoms with Crippen molar-refractivity contribution >= 4 is 18.0 Å². The van der Waals surface area contributed by atoms with Gasteiger partial charge in [-0.05, 0) is 41.6 Å². The molecule has 0 fully saturated rings. The monoisotopic (exact) mass is 258 g/mol. The lowest BCUT2D eigenvalue weighted by Gasteiger charge is -2.07. The normalized spacial score (nSPS) is 10.1. The van der Waals surface area contributed by atoms with Crippen LogP contribution >= 0.6 is 11.8 Å². The molecule has 0 aliphatic rings. The lowest BCUT2D eigenvalue weighted by atomic mass is 10.0. The minimum absolute atomic E-state index is 0.573. The number of benzene rings is 2. The molecule has 3 heteroatoms. The zero-order valence-corrected chi connectivity index (χ0v) is 11.2. The summed E-state index contributed by atoms with van der Waals surface area (Å²) in [6.07, 6.45) is 2.87. The topological polar surface area (TPSA) is 26.3 Å². The van der Waals surface area contributed by atoms with E-state index in [1.165, 1.54) is 4.90 Å². The highest BCUT2D eigenvalue weighted by Crippen LogP contribution is 2.27. The van der Waals surface area contributed by atoms with Crippen LogP contribution in [0.25, 0.3) is 11.1 Å². The summed E-state index contributed by atoms with van der Waals surface area (Å²) in [5.41, 5.74) is 2.69. The highest BCUT2D eigenvalue weighted by atomic mass is 32.2. The van der Waals surface area contributed by atoms with Crippen molar-refractivity contribution in [3.8, 4) is 16.9 Å². The Bertz CT molecular complexity index is 547. The Balaban J connectivity index is 2.40. The molecule has 92 valence electrons. The van der Waals surface area contributed by atoms with Crippen LogP contribution in [0.5, 0.6) is 5.75 Å². The molecule has 0 N–H and O–H groups in total. The molecular weight excluding hydrogens is 244 g/mol. The van der Waals surface area contributed by atoms with Crippen molar-refractivity contribution in [2.24, 2.45) is 0 Å². The Kier molecular flexibility index (Phi) is 4.05. The van der Waals surface area contributed by atoms with Crippen LogP contribution in [-0.4, -0.2) is 19.7 Å². The molecule has 2 aromatic rings. The minimum Gasteiger partial charge on any atom is -0.496 e. The lowest BCUT2D eigenvalue weighted by Crippen LogP contribution is -1.91. The molecule has 0 unspecified atom stereocenters. The molecule has 18 heavy (non-hydrogen) atoms. The fraction of sp³-hybridized carbons (Fsp3) is 0.133. The highest BCUT2D eigenvalue weighted by Gasteiger charge is 2.05. The Hall–Kier alpha value is -1.74. The van der Waals surface area contributed by atoms with Crippen LogP contribution in [0.15, 0.2) is 47.4 Å². The van der Waals surface area contributed by atoms with E-state index in [9.17, 15) is 4.79 Å². The van der Waals surface area contributed by atoms with Gasteiger partial charge in [-0.1, -0.05) is 18.2 Å². The third-order valence-electron chi connectivity index (χ3n) is 2.78. The maximum Gasteiger partial charge on any atom is 0.153 e. The lowest BCUT2D eigenvalue weighted by molar-refractivity contribution is 0.112. The second-order valence-corrected chi connectivity index (χ2v) is 4.68. The van der Waals surface area contributed by atoms with Gasteiger partial charge in [-0.25, -0.2) is 0 Å². The van der Waals surface area contributed by atoms with Gasteiger partial charge in [-0.2, -0.15) is 0 Å². The number of thioether (sulfide) groups is 1. The van der Waals surface area contributed by atoms with Crippen LogP contribution in [0, 0.1) is 0 Å². The second kappa shape index (κ2) is 5.74. The van der Waals surface area contributed by atoms with Gasteiger partial charge in [0.1, 0.15) is 5.75 Å². The van der Waals surface area contributed by atoms with E-state index in [1.807, 2.05) is 24.5 Å². The quantitative estimate of drug-likeness (QED) is 0.614. The smallest absolute Gasteiger partial charge is 0.153 e. The summed E-state index contributed by atoms with van der Waals surface area (Å²) in [6, 6.07) is 13.9. The fourth-order valence-corrected chi connectivity index (χ4v) is 2.20. The largest absolute Gasteiger partial charge is 0.496 e. The molecule has 0 saturated heterocycles. The van der Waals surface area contributed by atoms with E-state index in [-0.39, 0.29) is 0 Å². The zero-order valence-electron chi connectivity index (χ0n) is 10.3. The summed E-state index contributed by atoms with van der Waals surface area (Å²) in [7, 11) is 1.56. The summed E-state index contributed by atoms with van der Waals surface area (Å²) >= 11 is 1.71. The van der Waals surface area contributed by atoms with Crippen molar-refractivity contribution < 1.29 is 9.53 Å². The van der Waals surface area contributed by atoms with Gasteiger partial charge in [-0.15, -0.1) is 11.8 Å². The van der Waals surface area contributed by atoms with Crippen molar-refractivity contribution in [2.75, 3.05) is 13.4 Å². The molecule has 2 rings (SSSR count). The van der Waals surface area contributed by atoms with Gasteiger partial charge in [0.15, 0.2) is 6.29 Å². The molecule has 0 aliphatic heterocycles. The summed E-state index contributed by atoms with van der Waals surface area (Å²) in [5.74, 6) is 0.606. The van der Waals surface area contributed by atoms with Gasteiger partial charge >= 0.3 is 0 Å².